The van der Waals surface area contributed by atoms with E-state index in [0.717, 1.165) is 5.56 Å². The minimum absolute atomic E-state index is 0.0869. The van der Waals surface area contributed by atoms with Crippen LogP contribution in [0.1, 0.15) is 46.6 Å². The molecule has 0 aliphatic rings. The molecular formula is C17H24O5. The van der Waals surface area contributed by atoms with E-state index in [9.17, 15) is 9.59 Å². The Morgan fingerprint density at radius 3 is 2.05 bits per heavy atom. The molecule has 0 unspecified atom stereocenters. The molecule has 1 aromatic carbocycles. The molecule has 22 heavy (non-hydrogen) atoms. The average Bonchev–Trinajstić information content (AvgIpc) is 2.35. The molecule has 0 fully saturated rings. The highest BCUT2D eigenvalue weighted by Crippen LogP contribution is 2.22. The van der Waals surface area contributed by atoms with Crippen molar-refractivity contribution >= 4 is 11.9 Å². The van der Waals surface area contributed by atoms with Gasteiger partial charge in [-0.1, -0.05) is 12.1 Å². The number of carboxylic acid groups (broad SMARTS) is 1. The van der Waals surface area contributed by atoms with Gasteiger partial charge in [0.25, 0.3) is 0 Å². The number of rotatable bonds is 6. The molecule has 0 saturated heterocycles. The average molecular weight is 308 g/mol. The van der Waals surface area contributed by atoms with Crippen molar-refractivity contribution < 1.29 is 24.2 Å². The van der Waals surface area contributed by atoms with Crippen molar-refractivity contribution in [3.05, 3.63) is 29.8 Å². The predicted octanol–water partition coefficient (Wildman–Crippen LogP) is 3.20. The summed E-state index contributed by atoms with van der Waals surface area (Å²) in [5.41, 5.74) is -0.765. The maximum atomic E-state index is 12.1. The molecule has 1 aromatic rings. The van der Waals surface area contributed by atoms with Crippen LogP contribution in [0.4, 0.5) is 0 Å². The second kappa shape index (κ2) is 6.81. The zero-order valence-electron chi connectivity index (χ0n) is 13.8. The maximum Gasteiger partial charge on any atom is 0.350 e. The zero-order valence-corrected chi connectivity index (χ0v) is 13.8. The molecule has 0 saturated carbocycles. The molecule has 5 heteroatoms. The van der Waals surface area contributed by atoms with E-state index >= 15 is 0 Å². The molecule has 0 aromatic heterocycles. The van der Waals surface area contributed by atoms with Crippen LogP contribution in [0.3, 0.4) is 0 Å². The molecule has 0 heterocycles. The molecule has 1 rings (SSSR count). The molecule has 0 aliphatic heterocycles. The molecule has 0 aliphatic carbocycles. The van der Waals surface area contributed by atoms with Crippen LogP contribution in [0.25, 0.3) is 0 Å². The third kappa shape index (κ3) is 6.16. The molecule has 0 atom stereocenters. The van der Waals surface area contributed by atoms with E-state index in [0.29, 0.717) is 12.2 Å². The van der Waals surface area contributed by atoms with Gasteiger partial charge in [-0.3, -0.25) is 4.79 Å². The van der Waals surface area contributed by atoms with Gasteiger partial charge in [0.15, 0.2) is 5.60 Å². The highest BCUT2D eigenvalue weighted by Gasteiger charge is 2.34. The second-order valence-electron chi connectivity index (χ2n) is 6.65. The van der Waals surface area contributed by atoms with Gasteiger partial charge in [-0.25, -0.2) is 4.79 Å². The summed E-state index contributed by atoms with van der Waals surface area (Å²) >= 11 is 0. The van der Waals surface area contributed by atoms with Gasteiger partial charge in [-0.05, 0) is 58.7 Å². The number of esters is 1. The Kier molecular flexibility index (Phi) is 5.58. The molecule has 0 amide bonds. The Morgan fingerprint density at radius 1 is 1.05 bits per heavy atom. The summed E-state index contributed by atoms with van der Waals surface area (Å²) in [6.45, 7) is 8.72. The molecule has 0 bridgehead atoms. The number of benzene rings is 1. The number of aliphatic carboxylic acids is 1. The van der Waals surface area contributed by atoms with Crippen LogP contribution < -0.4 is 4.74 Å². The molecular weight excluding hydrogens is 284 g/mol. The molecule has 5 nitrogen and oxygen atoms in total. The second-order valence-corrected chi connectivity index (χ2v) is 6.65. The fraction of sp³-hybridized carbons (Fsp3) is 0.529. The Bertz CT molecular complexity index is 523. The first kappa shape index (κ1) is 18.0. The lowest BCUT2D eigenvalue weighted by Crippen LogP contribution is -2.43. The quantitative estimate of drug-likeness (QED) is 0.817. The molecule has 0 radical (unpaired) electrons. The van der Waals surface area contributed by atoms with Crippen molar-refractivity contribution in [2.75, 3.05) is 0 Å². The lowest BCUT2D eigenvalue weighted by molar-refractivity contribution is -0.170. The monoisotopic (exact) mass is 308 g/mol. The Hall–Kier alpha value is -2.04. The van der Waals surface area contributed by atoms with Crippen LogP contribution >= 0.6 is 0 Å². The topological polar surface area (TPSA) is 72.8 Å². The Labute approximate surface area is 131 Å². The van der Waals surface area contributed by atoms with E-state index in [-0.39, 0.29) is 6.42 Å². The van der Waals surface area contributed by atoms with Gasteiger partial charge < -0.3 is 14.6 Å². The van der Waals surface area contributed by atoms with Gasteiger partial charge in [0.05, 0.1) is 0 Å². The number of carboxylic acids is 1. The summed E-state index contributed by atoms with van der Waals surface area (Å²) in [7, 11) is 0. The summed E-state index contributed by atoms with van der Waals surface area (Å²) in [4.78, 5) is 22.7. The first-order valence-corrected chi connectivity index (χ1v) is 7.23. The van der Waals surface area contributed by atoms with Gasteiger partial charge in [0.1, 0.15) is 11.4 Å². The van der Waals surface area contributed by atoms with Crippen LogP contribution in [-0.2, 0) is 20.7 Å². The van der Waals surface area contributed by atoms with Crippen molar-refractivity contribution in [2.24, 2.45) is 0 Å². The summed E-state index contributed by atoms with van der Waals surface area (Å²) in [5, 5.41) is 8.66. The SMILES string of the molecule is CC(C)(C)OC(=O)C(C)(C)Oc1ccc(CCC(=O)O)cc1. The molecule has 1 N–H and O–H groups in total. The normalized spacial score (nSPS) is 11.9. The van der Waals surface area contributed by atoms with Crippen molar-refractivity contribution in [1.29, 1.82) is 0 Å². The highest BCUT2D eigenvalue weighted by atomic mass is 16.6. The van der Waals surface area contributed by atoms with Crippen LogP contribution in [0.5, 0.6) is 5.75 Å². The third-order valence-corrected chi connectivity index (χ3v) is 2.81. The highest BCUT2D eigenvalue weighted by molar-refractivity contribution is 5.79. The maximum absolute atomic E-state index is 12.1. The molecule has 0 spiro atoms. The van der Waals surface area contributed by atoms with Crippen LogP contribution in [0.15, 0.2) is 24.3 Å². The smallest absolute Gasteiger partial charge is 0.350 e. The van der Waals surface area contributed by atoms with E-state index in [1.165, 1.54) is 0 Å². The summed E-state index contributed by atoms with van der Waals surface area (Å²) in [6, 6.07) is 7.04. The lowest BCUT2D eigenvalue weighted by Gasteiger charge is -2.29. The number of ether oxygens (including phenoxy) is 2. The Balaban J connectivity index is 2.69. The van der Waals surface area contributed by atoms with Crippen molar-refractivity contribution in [3.8, 4) is 5.75 Å². The minimum atomic E-state index is -1.10. The van der Waals surface area contributed by atoms with Gasteiger partial charge in [0, 0.05) is 6.42 Å². The summed E-state index contributed by atoms with van der Waals surface area (Å²) in [6.07, 6.45) is 0.550. The molecule has 122 valence electrons. The van der Waals surface area contributed by atoms with Crippen molar-refractivity contribution in [3.63, 3.8) is 0 Å². The van der Waals surface area contributed by atoms with E-state index in [2.05, 4.69) is 0 Å². The van der Waals surface area contributed by atoms with Crippen molar-refractivity contribution in [1.82, 2.24) is 0 Å². The van der Waals surface area contributed by atoms with E-state index in [1.54, 1.807) is 58.9 Å². The standard InChI is InChI=1S/C17H24O5/c1-16(2,3)22-15(20)17(4,5)21-13-9-6-12(7-10-13)8-11-14(18)19/h6-7,9-10H,8,11H2,1-5H3,(H,18,19). The van der Waals surface area contributed by atoms with E-state index in [1.807, 2.05) is 0 Å². The van der Waals surface area contributed by atoms with Gasteiger partial charge in [-0.15, -0.1) is 0 Å². The van der Waals surface area contributed by atoms with Gasteiger partial charge in [0.2, 0.25) is 0 Å². The zero-order chi connectivity index (χ0) is 17.0. The fourth-order valence-electron chi connectivity index (χ4n) is 1.71. The number of hydrogen-bond acceptors (Lipinski definition) is 4. The Morgan fingerprint density at radius 2 is 1.59 bits per heavy atom. The largest absolute Gasteiger partial charge is 0.481 e. The van der Waals surface area contributed by atoms with E-state index in [4.69, 9.17) is 14.6 Å². The van der Waals surface area contributed by atoms with Gasteiger partial charge >= 0.3 is 11.9 Å². The van der Waals surface area contributed by atoms with E-state index < -0.39 is 23.1 Å². The van der Waals surface area contributed by atoms with Crippen LogP contribution in [0.2, 0.25) is 0 Å². The number of carbonyl (C=O) groups is 2. The number of aryl methyl sites for hydroxylation is 1. The van der Waals surface area contributed by atoms with Crippen LogP contribution in [0, 0.1) is 0 Å². The summed E-state index contributed by atoms with van der Waals surface area (Å²) in [5.74, 6) is -0.726. The lowest BCUT2D eigenvalue weighted by atomic mass is 10.1. The fourth-order valence-corrected chi connectivity index (χ4v) is 1.71. The van der Waals surface area contributed by atoms with Gasteiger partial charge in [-0.2, -0.15) is 0 Å². The third-order valence-electron chi connectivity index (χ3n) is 2.81. The number of carbonyl (C=O) groups excluding carboxylic acids is 1. The number of hydrogen-bond donors (Lipinski definition) is 1. The first-order chi connectivity index (χ1) is 9.99. The first-order valence-electron chi connectivity index (χ1n) is 7.23. The van der Waals surface area contributed by atoms with Crippen molar-refractivity contribution in [2.45, 2.75) is 58.7 Å². The minimum Gasteiger partial charge on any atom is -0.481 e. The summed E-state index contributed by atoms with van der Waals surface area (Å²) < 4.78 is 11.0. The predicted molar refractivity (Wildman–Crippen MR) is 83.0 cm³/mol. The van der Waals surface area contributed by atoms with Crippen LogP contribution in [-0.4, -0.2) is 28.2 Å².